The Morgan fingerprint density at radius 3 is 2.40 bits per heavy atom. The van der Waals surface area contributed by atoms with E-state index in [1.54, 1.807) is 0 Å². The van der Waals surface area contributed by atoms with Crippen molar-refractivity contribution in [2.24, 2.45) is 11.8 Å². The van der Waals surface area contributed by atoms with Crippen LogP contribution in [-0.2, 0) is 4.79 Å². The summed E-state index contributed by atoms with van der Waals surface area (Å²) in [6.07, 6.45) is 2.06. The molecule has 0 aromatic carbocycles. The lowest BCUT2D eigenvalue weighted by Gasteiger charge is -2.14. The second kappa shape index (κ2) is 7.28. The Morgan fingerprint density at radius 2 is 2.00 bits per heavy atom. The third kappa shape index (κ3) is 6.11. The van der Waals surface area contributed by atoms with Crippen LogP contribution in [0.3, 0.4) is 0 Å². The van der Waals surface area contributed by atoms with E-state index in [2.05, 4.69) is 11.4 Å². The first-order valence-corrected chi connectivity index (χ1v) is 5.70. The molecule has 3 nitrogen and oxygen atoms in total. The van der Waals surface area contributed by atoms with Crippen LogP contribution in [0, 0.1) is 23.2 Å². The molecule has 0 aliphatic carbocycles. The fourth-order valence-corrected chi connectivity index (χ4v) is 1.28. The van der Waals surface area contributed by atoms with Crippen molar-refractivity contribution in [2.45, 2.75) is 53.0 Å². The van der Waals surface area contributed by atoms with Gasteiger partial charge < -0.3 is 5.32 Å². The van der Waals surface area contributed by atoms with Crippen LogP contribution in [0.15, 0.2) is 0 Å². The van der Waals surface area contributed by atoms with Gasteiger partial charge >= 0.3 is 0 Å². The fraction of sp³-hybridized carbons (Fsp3) is 0.833. The lowest BCUT2D eigenvalue weighted by molar-refractivity contribution is -0.121. The number of carbonyl (C=O) groups excluding carboxylic acids is 1. The number of carbonyl (C=O) groups is 1. The molecule has 0 aromatic rings. The van der Waals surface area contributed by atoms with E-state index in [-0.39, 0.29) is 17.9 Å². The lowest BCUT2D eigenvalue weighted by atomic mass is 9.92. The molecule has 15 heavy (non-hydrogen) atoms. The molecule has 0 aliphatic rings. The highest BCUT2D eigenvalue weighted by molar-refractivity contribution is 5.76. The average molecular weight is 210 g/mol. The molecule has 0 fully saturated rings. The molecular formula is C12H22N2O. The molecule has 2 unspecified atom stereocenters. The summed E-state index contributed by atoms with van der Waals surface area (Å²) >= 11 is 0. The second-order valence-corrected chi connectivity index (χ2v) is 4.40. The van der Waals surface area contributed by atoms with Crippen LogP contribution in [0.2, 0.25) is 0 Å². The molecule has 0 radical (unpaired) electrons. The third-order valence-electron chi connectivity index (χ3n) is 2.67. The van der Waals surface area contributed by atoms with E-state index in [1.807, 2.05) is 27.7 Å². The third-order valence-corrected chi connectivity index (χ3v) is 2.67. The minimum atomic E-state index is -0.00678. The first-order chi connectivity index (χ1) is 7.01. The van der Waals surface area contributed by atoms with Gasteiger partial charge in [-0.2, -0.15) is 5.26 Å². The Hall–Kier alpha value is -1.04. The zero-order chi connectivity index (χ0) is 11.8. The van der Waals surface area contributed by atoms with Gasteiger partial charge in [-0.05, 0) is 25.7 Å². The molecule has 0 bridgehead atoms. The number of nitrogens with zero attached hydrogens (tertiary/aromatic N) is 1. The molecular weight excluding hydrogens is 188 g/mol. The summed E-state index contributed by atoms with van der Waals surface area (Å²) in [5.74, 6) is 0.379. The van der Waals surface area contributed by atoms with Crippen molar-refractivity contribution in [3.05, 3.63) is 0 Å². The maximum Gasteiger partial charge on any atom is 0.220 e. The first kappa shape index (κ1) is 14.0. The van der Waals surface area contributed by atoms with Gasteiger partial charge in [-0.3, -0.25) is 4.79 Å². The van der Waals surface area contributed by atoms with Crippen molar-refractivity contribution in [1.82, 2.24) is 5.32 Å². The van der Waals surface area contributed by atoms with Crippen LogP contribution in [-0.4, -0.2) is 11.9 Å². The summed E-state index contributed by atoms with van der Waals surface area (Å²) in [6.45, 7) is 8.06. The summed E-state index contributed by atoms with van der Waals surface area (Å²) in [7, 11) is 0. The highest BCUT2D eigenvalue weighted by Gasteiger charge is 2.14. The number of rotatable bonds is 6. The van der Waals surface area contributed by atoms with E-state index in [0.717, 1.165) is 6.42 Å². The predicted molar refractivity (Wildman–Crippen MR) is 61.1 cm³/mol. The number of nitriles is 1. The summed E-state index contributed by atoms with van der Waals surface area (Å²) < 4.78 is 0. The fourth-order valence-electron chi connectivity index (χ4n) is 1.28. The molecule has 0 aliphatic heterocycles. The van der Waals surface area contributed by atoms with Crippen LogP contribution in [0.1, 0.15) is 47.0 Å². The second-order valence-electron chi connectivity index (χ2n) is 4.40. The molecule has 1 amide bonds. The Labute approximate surface area is 92.9 Å². The normalized spacial score (nSPS) is 14.4. The van der Waals surface area contributed by atoms with Gasteiger partial charge in [0.05, 0.1) is 6.07 Å². The smallest absolute Gasteiger partial charge is 0.220 e. The molecule has 0 saturated carbocycles. The molecule has 1 N–H and O–H groups in total. The van der Waals surface area contributed by atoms with E-state index in [4.69, 9.17) is 5.26 Å². The van der Waals surface area contributed by atoms with E-state index in [1.165, 1.54) is 0 Å². The molecule has 2 atom stereocenters. The lowest BCUT2D eigenvalue weighted by Crippen LogP contribution is -2.32. The molecule has 86 valence electrons. The monoisotopic (exact) mass is 210 g/mol. The van der Waals surface area contributed by atoms with Crippen molar-refractivity contribution in [3.8, 4) is 6.07 Å². The van der Waals surface area contributed by atoms with Gasteiger partial charge in [0.25, 0.3) is 0 Å². The van der Waals surface area contributed by atoms with Gasteiger partial charge in [-0.15, -0.1) is 0 Å². The van der Waals surface area contributed by atoms with Crippen LogP contribution in [0.25, 0.3) is 0 Å². The Balaban J connectivity index is 3.85. The maximum atomic E-state index is 11.4. The highest BCUT2D eigenvalue weighted by Crippen LogP contribution is 2.15. The van der Waals surface area contributed by atoms with Crippen LogP contribution in [0.5, 0.6) is 0 Å². The standard InChI is InChI=1S/C12H22N2O/c1-5-10(4)14-12(15)7-6-11(8-13)9(2)3/h9-11H,5-7H2,1-4H3,(H,14,15). The van der Waals surface area contributed by atoms with Gasteiger partial charge in [0.2, 0.25) is 5.91 Å². The Bertz CT molecular complexity index is 230. The van der Waals surface area contributed by atoms with Crippen molar-refractivity contribution < 1.29 is 4.79 Å². The van der Waals surface area contributed by atoms with Crippen LogP contribution >= 0.6 is 0 Å². The molecule has 0 rings (SSSR count). The molecule has 0 heterocycles. The largest absolute Gasteiger partial charge is 0.354 e. The van der Waals surface area contributed by atoms with Gasteiger partial charge in [0.1, 0.15) is 0 Å². The molecule has 0 aromatic heterocycles. The first-order valence-electron chi connectivity index (χ1n) is 5.70. The summed E-state index contributed by atoms with van der Waals surface area (Å²) in [6, 6.07) is 2.48. The van der Waals surface area contributed by atoms with Gasteiger partial charge in [-0.1, -0.05) is 20.8 Å². The minimum Gasteiger partial charge on any atom is -0.354 e. The maximum absolute atomic E-state index is 11.4. The zero-order valence-corrected chi connectivity index (χ0v) is 10.2. The number of hydrogen-bond acceptors (Lipinski definition) is 2. The average Bonchev–Trinajstić information content (AvgIpc) is 2.17. The highest BCUT2D eigenvalue weighted by atomic mass is 16.1. The molecule has 0 spiro atoms. The van der Waals surface area contributed by atoms with E-state index < -0.39 is 0 Å². The van der Waals surface area contributed by atoms with Gasteiger partial charge in [-0.25, -0.2) is 0 Å². The van der Waals surface area contributed by atoms with Crippen LogP contribution in [0.4, 0.5) is 0 Å². The van der Waals surface area contributed by atoms with E-state index in [9.17, 15) is 4.79 Å². The minimum absolute atomic E-state index is 0.00678. The van der Waals surface area contributed by atoms with Gasteiger partial charge in [0.15, 0.2) is 0 Å². The van der Waals surface area contributed by atoms with Gasteiger partial charge in [0, 0.05) is 18.4 Å². The van der Waals surface area contributed by atoms with Crippen molar-refractivity contribution >= 4 is 5.91 Å². The Morgan fingerprint density at radius 1 is 1.40 bits per heavy atom. The summed E-state index contributed by atoms with van der Waals surface area (Å²) in [5, 5.41) is 11.8. The summed E-state index contributed by atoms with van der Waals surface area (Å²) in [4.78, 5) is 11.4. The molecule has 3 heteroatoms. The van der Waals surface area contributed by atoms with E-state index >= 15 is 0 Å². The van der Waals surface area contributed by atoms with Crippen molar-refractivity contribution in [1.29, 1.82) is 5.26 Å². The predicted octanol–water partition coefficient (Wildman–Crippen LogP) is 2.48. The number of hydrogen-bond donors (Lipinski definition) is 1. The Kier molecular flexibility index (Phi) is 6.77. The summed E-state index contributed by atoms with van der Waals surface area (Å²) in [5.41, 5.74) is 0. The topological polar surface area (TPSA) is 52.9 Å². The SMILES string of the molecule is CCC(C)NC(=O)CCC(C#N)C(C)C. The zero-order valence-electron chi connectivity index (χ0n) is 10.2. The number of nitrogens with one attached hydrogen (secondary N) is 1. The molecule has 0 saturated heterocycles. The van der Waals surface area contributed by atoms with Crippen molar-refractivity contribution in [3.63, 3.8) is 0 Å². The number of amides is 1. The van der Waals surface area contributed by atoms with E-state index in [0.29, 0.717) is 18.8 Å². The van der Waals surface area contributed by atoms with Crippen LogP contribution < -0.4 is 5.32 Å². The van der Waals surface area contributed by atoms with Crippen molar-refractivity contribution in [2.75, 3.05) is 0 Å². The quantitative estimate of drug-likeness (QED) is 0.732.